The molecule has 2 heteroatoms. The van der Waals surface area contributed by atoms with Gasteiger partial charge in [0.15, 0.2) is 0 Å². The normalized spacial score (nSPS) is 12.3. The first-order valence-corrected chi connectivity index (χ1v) is 9.29. The molecule has 5 rings (SSSR count). The van der Waals surface area contributed by atoms with Crippen LogP contribution in [0.1, 0.15) is 25.3 Å². The van der Waals surface area contributed by atoms with Crippen LogP contribution < -0.4 is 0 Å². The van der Waals surface area contributed by atoms with Gasteiger partial charge >= 0.3 is 0 Å². The summed E-state index contributed by atoms with van der Waals surface area (Å²) in [6, 6.07) is 20.3. The van der Waals surface area contributed by atoms with Gasteiger partial charge in [-0.15, -0.1) is 11.3 Å². The van der Waals surface area contributed by atoms with Crippen LogP contribution in [-0.2, 0) is 7.05 Å². The van der Waals surface area contributed by atoms with E-state index in [0.717, 1.165) is 0 Å². The van der Waals surface area contributed by atoms with Gasteiger partial charge in [-0.2, -0.15) is 0 Å². The third-order valence-corrected chi connectivity index (χ3v) is 6.32. The molecule has 2 aromatic heterocycles. The van der Waals surface area contributed by atoms with Crippen LogP contribution in [0.4, 0.5) is 0 Å². The fourth-order valence-electron chi connectivity index (χ4n) is 3.89. The zero-order chi connectivity index (χ0) is 16.4. The molecule has 0 saturated carbocycles. The Morgan fingerprint density at radius 3 is 2.46 bits per heavy atom. The molecule has 0 aliphatic rings. The highest BCUT2D eigenvalue weighted by Crippen LogP contribution is 2.42. The van der Waals surface area contributed by atoms with Crippen LogP contribution in [-0.4, -0.2) is 4.57 Å². The van der Waals surface area contributed by atoms with Crippen molar-refractivity contribution < 1.29 is 0 Å². The molecule has 2 heterocycles. The monoisotopic (exact) mass is 329 g/mol. The van der Waals surface area contributed by atoms with Gasteiger partial charge in [-0.1, -0.05) is 44.2 Å². The van der Waals surface area contributed by atoms with Crippen molar-refractivity contribution in [2.75, 3.05) is 0 Å². The Morgan fingerprint density at radius 2 is 1.62 bits per heavy atom. The molecule has 0 unspecified atom stereocenters. The summed E-state index contributed by atoms with van der Waals surface area (Å²) in [7, 11) is 2.17. The third kappa shape index (κ3) is 1.75. The molecule has 0 N–H and O–H groups in total. The Bertz CT molecular complexity index is 1240. The number of para-hydroxylation sites is 1. The lowest BCUT2D eigenvalue weighted by atomic mass is 10.0. The van der Waals surface area contributed by atoms with E-state index in [1.165, 1.54) is 47.5 Å². The van der Waals surface area contributed by atoms with Crippen molar-refractivity contribution in [3.63, 3.8) is 0 Å². The highest BCUT2D eigenvalue weighted by Gasteiger charge is 2.15. The van der Waals surface area contributed by atoms with Gasteiger partial charge in [0.05, 0.1) is 0 Å². The van der Waals surface area contributed by atoms with Gasteiger partial charge in [0.25, 0.3) is 0 Å². The maximum atomic E-state index is 2.38. The molecule has 0 amide bonds. The van der Waals surface area contributed by atoms with Gasteiger partial charge in [-0.3, -0.25) is 0 Å². The first-order valence-electron chi connectivity index (χ1n) is 8.47. The molecule has 0 aliphatic carbocycles. The molecule has 3 aromatic carbocycles. The summed E-state index contributed by atoms with van der Waals surface area (Å²) in [5, 5.41) is 5.56. The zero-order valence-electron chi connectivity index (χ0n) is 14.1. The molecule has 118 valence electrons. The summed E-state index contributed by atoms with van der Waals surface area (Å²) in [6.45, 7) is 4.52. The van der Waals surface area contributed by atoms with E-state index in [1.54, 1.807) is 0 Å². The molecule has 1 nitrogen and oxygen atoms in total. The van der Waals surface area contributed by atoms with Crippen LogP contribution in [0.15, 0.2) is 54.6 Å². The molecular formula is C22H19NS. The number of hydrogen-bond donors (Lipinski definition) is 0. The summed E-state index contributed by atoms with van der Waals surface area (Å²) in [4.78, 5) is 0. The topological polar surface area (TPSA) is 4.93 Å². The Labute approximate surface area is 145 Å². The van der Waals surface area contributed by atoms with Crippen molar-refractivity contribution in [3.05, 3.63) is 60.2 Å². The van der Waals surface area contributed by atoms with Gasteiger partial charge in [0.2, 0.25) is 0 Å². The highest BCUT2D eigenvalue weighted by atomic mass is 32.1. The van der Waals surface area contributed by atoms with E-state index in [1.807, 2.05) is 11.3 Å². The number of aryl methyl sites for hydroxylation is 1. The van der Waals surface area contributed by atoms with Gasteiger partial charge in [0, 0.05) is 49.0 Å². The first kappa shape index (κ1) is 14.1. The smallest absolute Gasteiger partial charge is 0.0496 e. The van der Waals surface area contributed by atoms with Crippen LogP contribution in [0.2, 0.25) is 0 Å². The lowest BCUT2D eigenvalue weighted by molar-refractivity contribution is 0.869. The van der Waals surface area contributed by atoms with Crippen molar-refractivity contribution in [2.45, 2.75) is 19.8 Å². The Balaban J connectivity index is 2.03. The predicted octanol–water partition coefficient (Wildman–Crippen LogP) is 6.82. The zero-order valence-corrected chi connectivity index (χ0v) is 14.9. The fourth-order valence-corrected chi connectivity index (χ4v) is 5.05. The Hall–Kier alpha value is -2.32. The predicted molar refractivity (Wildman–Crippen MR) is 107 cm³/mol. The SMILES string of the molecule is CC(C)c1ccc2c(c1)sc1ccc3c(c4ccccc4n3C)c12. The van der Waals surface area contributed by atoms with E-state index >= 15 is 0 Å². The quantitative estimate of drug-likeness (QED) is 0.318. The lowest BCUT2D eigenvalue weighted by Crippen LogP contribution is -1.85. The van der Waals surface area contributed by atoms with Crippen LogP contribution in [0.5, 0.6) is 0 Å². The average molecular weight is 329 g/mol. The molecule has 0 aliphatic heterocycles. The standard InChI is InChI=1S/C22H19NS/c1-13(2)14-8-9-16-20(12-14)24-19-11-10-18-21(22(16)19)15-6-4-5-7-17(15)23(18)3/h4-13H,1-3H3. The minimum Gasteiger partial charge on any atom is -0.344 e. The molecule has 5 aromatic rings. The van der Waals surface area contributed by atoms with E-state index in [4.69, 9.17) is 0 Å². The lowest BCUT2D eigenvalue weighted by Gasteiger charge is -2.04. The van der Waals surface area contributed by atoms with Crippen molar-refractivity contribution in [3.8, 4) is 0 Å². The minimum absolute atomic E-state index is 0.567. The maximum absolute atomic E-state index is 2.38. The second-order valence-corrected chi connectivity index (χ2v) is 8.01. The highest BCUT2D eigenvalue weighted by molar-refractivity contribution is 7.26. The number of thiophene rings is 1. The molecule has 24 heavy (non-hydrogen) atoms. The van der Waals surface area contributed by atoms with Crippen molar-refractivity contribution in [1.29, 1.82) is 0 Å². The maximum Gasteiger partial charge on any atom is 0.0496 e. The van der Waals surface area contributed by atoms with Crippen LogP contribution in [0.3, 0.4) is 0 Å². The van der Waals surface area contributed by atoms with Gasteiger partial charge in [-0.25, -0.2) is 0 Å². The summed E-state index contributed by atoms with van der Waals surface area (Å²) in [5.41, 5.74) is 4.04. The number of fused-ring (bicyclic) bond motifs is 7. The van der Waals surface area contributed by atoms with E-state index in [2.05, 4.69) is 80.1 Å². The summed E-state index contributed by atoms with van der Waals surface area (Å²) < 4.78 is 5.10. The Morgan fingerprint density at radius 1 is 0.792 bits per heavy atom. The third-order valence-electron chi connectivity index (χ3n) is 5.20. The van der Waals surface area contributed by atoms with Gasteiger partial charge < -0.3 is 4.57 Å². The van der Waals surface area contributed by atoms with Crippen LogP contribution >= 0.6 is 11.3 Å². The van der Waals surface area contributed by atoms with Crippen molar-refractivity contribution in [2.24, 2.45) is 7.05 Å². The second kappa shape index (κ2) is 4.84. The molecule has 0 spiro atoms. The van der Waals surface area contributed by atoms with E-state index in [0.29, 0.717) is 5.92 Å². The van der Waals surface area contributed by atoms with Gasteiger partial charge in [0.1, 0.15) is 0 Å². The number of hydrogen-bond acceptors (Lipinski definition) is 1. The molecule has 0 atom stereocenters. The minimum atomic E-state index is 0.567. The summed E-state index contributed by atoms with van der Waals surface area (Å²) in [6.07, 6.45) is 0. The molecule has 0 saturated heterocycles. The number of nitrogens with zero attached hydrogens (tertiary/aromatic N) is 1. The van der Waals surface area contributed by atoms with E-state index < -0.39 is 0 Å². The second-order valence-electron chi connectivity index (χ2n) is 6.92. The largest absolute Gasteiger partial charge is 0.344 e. The van der Waals surface area contributed by atoms with E-state index in [-0.39, 0.29) is 0 Å². The summed E-state index contributed by atoms with van der Waals surface area (Å²) in [5.74, 6) is 0.567. The molecule has 0 radical (unpaired) electrons. The summed E-state index contributed by atoms with van der Waals surface area (Å²) >= 11 is 1.92. The number of benzene rings is 3. The first-order chi connectivity index (χ1) is 11.6. The van der Waals surface area contributed by atoms with Crippen LogP contribution in [0, 0.1) is 0 Å². The van der Waals surface area contributed by atoms with Crippen molar-refractivity contribution >= 4 is 53.3 Å². The fraction of sp³-hybridized carbons (Fsp3) is 0.182. The molecule has 0 bridgehead atoms. The van der Waals surface area contributed by atoms with E-state index in [9.17, 15) is 0 Å². The number of aromatic nitrogens is 1. The Kier molecular flexibility index (Phi) is 2.84. The van der Waals surface area contributed by atoms with Crippen LogP contribution in [0.25, 0.3) is 42.0 Å². The number of rotatable bonds is 1. The molecular weight excluding hydrogens is 310 g/mol. The van der Waals surface area contributed by atoms with Crippen molar-refractivity contribution in [1.82, 2.24) is 4.57 Å². The molecule has 0 fully saturated rings. The average Bonchev–Trinajstić information content (AvgIpc) is 3.10. The van der Waals surface area contributed by atoms with Gasteiger partial charge in [-0.05, 0) is 35.7 Å².